The molecule has 1 aromatic carbocycles. The van der Waals surface area contributed by atoms with E-state index >= 15 is 0 Å². The highest BCUT2D eigenvalue weighted by Gasteiger charge is 2.16. The molecular weight excluding hydrogens is 328 g/mol. The van der Waals surface area contributed by atoms with Crippen LogP contribution < -0.4 is 0 Å². The third-order valence-electron chi connectivity index (χ3n) is 3.82. The van der Waals surface area contributed by atoms with Gasteiger partial charge in [-0.15, -0.1) is 10.2 Å². The SMILES string of the molecule is CC(C)(C)c1ccc(O)c(N=Nc2c(C#N)cnn2-c2ccccn2)c1. The Morgan fingerprint density at radius 1 is 1.15 bits per heavy atom. The summed E-state index contributed by atoms with van der Waals surface area (Å²) in [4.78, 5) is 4.22. The van der Waals surface area contributed by atoms with E-state index in [1.807, 2.05) is 18.2 Å². The molecule has 0 saturated carbocycles. The Kier molecular flexibility index (Phi) is 4.50. The van der Waals surface area contributed by atoms with Gasteiger partial charge in [0.25, 0.3) is 0 Å². The van der Waals surface area contributed by atoms with E-state index in [9.17, 15) is 10.4 Å². The quantitative estimate of drug-likeness (QED) is 0.703. The molecule has 130 valence electrons. The third kappa shape index (κ3) is 3.44. The summed E-state index contributed by atoms with van der Waals surface area (Å²) in [6.07, 6.45) is 3.04. The van der Waals surface area contributed by atoms with Gasteiger partial charge in [0.15, 0.2) is 11.6 Å². The molecule has 3 rings (SSSR count). The highest BCUT2D eigenvalue weighted by molar-refractivity contribution is 5.55. The molecule has 7 nitrogen and oxygen atoms in total. The van der Waals surface area contributed by atoms with Crippen molar-refractivity contribution < 1.29 is 5.11 Å². The Morgan fingerprint density at radius 3 is 2.62 bits per heavy atom. The van der Waals surface area contributed by atoms with Gasteiger partial charge in [0.05, 0.1) is 6.20 Å². The average molecular weight is 346 g/mol. The lowest BCUT2D eigenvalue weighted by Gasteiger charge is -2.19. The van der Waals surface area contributed by atoms with E-state index in [2.05, 4.69) is 41.1 Å². The van der Waals surface area contributed by atoms with Crippen molar-refractivity contribution in [2.24, 2.45) is 10.2 Å². The Hall–Kier alpha value is -3.53. The van der Waals surface area contributed by atoms with E-state index in [4.69, 9.17) is 0 Å². The number of nitriles is 1. The normalized spacial score (nSPS) is 11.6. The molecule has 1 N–H and O–H groups in total. The van der Waals surface area contributed by atoms with Gasteiger partial charge in [0.2, 0.25) is 0 Å². The summed E-state index contributed by atoms with van der Waals surface area (Å²) in [5.74, 6) is 0.798. The number of hydrogen-bond donors (Lipinski definition) is 1. The maximum atomic E-state index is 10.1. The number of aromatic nitrogens is 3. The average Bonchev–Trinajstić information content (AvgIpc) is 3.03. The molecule has 0 radical (unpaired) electrons. The topological polar surface area (TPSA) is 99.5 Å². The van der Waals surface area contributed by atoms with Crippen LogP contribution in [0.5, 0.6) is 5.75 Å². The number of aromatic hydroxyl groups is 1. The van der Waals surface area contributed by atoms with Gasteiger partial charge in [0.1, 0.15) is 23.1 Å². The molecule has 0 amide bonds. The van der Waals surface area contributed by atoms with Crippen molar-refractivity contribution in [3.8, 4) is 17.6 Å². The molecule has 0 aliphatic carbocycles. The van der Waals surface area contributed by atoms with Gasteiger partial charge in [-0.25, -0.2) is 4.98 Å². The number of benzene rings is 1. The van der Waals surface area contributed by atoms with E-state index in [1.165, 1.54) is 10.9 Å². The number of nitrogens with zero attached hydrogens (tertiary/aromatic N) is 6. The monoisotopic (exact) mass is 346 g/mol. The molecule has 0 fully saturated rings. The first kappa shape index (κ1) is 17.3. The van der Waals surface area contributed by atoms with Crippen LogP contribution in [-0.4, -0.2) is 19.9 Å². The van der Waals surface area contributed by atoms with Gasteiger partial charge in [-0.05, 0) is 35.2 Å². The van der Waals surface area contributed by atoms with E-state index in [-0.39, 0.29) is 22.5 Å². The molecule has 7 heteroatoms. The van der Waals surface area contributed by atoms with E-state index in [0.29, 0.717) is 11.5 Å². The summed E-state index contributed by atoms with van der Waals surface area (Å²) in [6, 6.07) is 12.6. The predicted octanol–water partition coefficient (Wildman–Crippen LogP) is 4.56. The fourth-order valence-electron chi connectivity index (χ4n) is 2.34. The van der Waals surface area contributed by atoms with Crippen LogP contribution in [0.4, 0.5) is 11.5 Å². The van der Waals surface area contributed by atoms with Crippen molar-refractivity contribution in [2.75, 3.05) is 0 Å². The van der Waals surface area contributed by atoms with Gasteiger partial charge < -0.3 is 5.11 Å². The lowest BCUT2D eigenvalue weighted by atomic mass is 9.87. The summed E-state index contributed by atoms with van der Waals surface area (Å²) in [7, 11) is 0. The van der Waals surface area contributed by atoms with E-state index < -0.39 is 0 Å². The lowest BCUT2D eigenvalue weighted by Crippen LogP contribution is -2.10. The Balaban J connectivity index is 2.05. The van der Waals surface area contributed by atoms with Crippen molar-refractivity contribution >= 4 is 11.5 Å². The summed E-state index contributed by atoms with van der Waals surface area (Å²) in [5.41, 5.74) is 1.52. The number of phenols is 1. The molecule has 2 aromatic heterocycles. The zero-order chi connectivity index (χ0) is 18.7. The highest BCUT2D eigenvalue weighted by atomic mass is 16.3. The molecule has 0 saturated heterocycles. The first-order chi connectivity index (χ1) is 12.4. The van der Waals surface area contributed by atoms with Crippen LogP contribution in [0.25, 0.3) is 5.82 Å². The van der Waals surface area contributed by atoms with Crippen molar-refractivity contribution in [2.45, 2.75) is 26.2 Å². The first-order valence-electron chi connectivity index (χ1n) is 8.05. The van der Waals surface area contributed by atoms with Gasteiger partial charge in [-0.1, -0.05) is 32.9 Å². The molecule has 0 atom stereocenters. The van der Waals surface area contributed by atoms with Gasteiger partial charge >= 0.3 is 0 Å². The predicted molar refractivity (Wildman–Crippen MR) is 97.1 cm³/mol. The van der Waals surface area contributed by atoms with Crippen molar-refractivity contribution in [1.82, 2.24) is 14.8 Å². The van der Waals surface area contributed by atoms with Crippen LogP contribution in [0.1, 0.15) is 31.9 Å². The maximum absolute atomic E-state index is 10.1. The number of rotatable bonds is 3. The summed E-state index contributed by atoms with van der Waals surface area (Å²) in [6.45, 7) is 6.22. The first-order valence-corrected chi connectivity index (χ1v) is 8.05. The number of phenolic OH excluding ortho intramolecular Hbond substituents is 1. The smallest absolute Gasteiger partial charge is 0.197 e. The zero-order valence-corrected chi connectivity index (χ0v) is 14.7. The zero-order valence-electron chi connectivity index (χ0n) is 14.7. The molecule has 0 spiro atoms. The van der Waals surface area contributed by atoms with Crippen LogP contribution in [0.15, 0.2) is 59.0 Å². The summed E-state index contributed by atoms with van der Waals surface area (Å²) in [5, 5.41) is 31.9. The Bertz CT molecular complexity index is 993. The summed E-state index contributed by atoms with van der Waals surface area (Å²) >= 11 is 0. The van der Waals surface area contributed by atoms with Crippen LogP contribution in [-0.2, 0) is 5.41 Å². The molecule has 2 heterocycles. The Labute approximate surface area is 151 Å². The molecule has 3 aromatic rings. The van der Waals surface area contributed by atoms with Crippen molar-refractivity contribution in [3.63, 3.8) is 0 Å². The van der Waals surface area contributed by atoms with Gasteiger partial charge in [-0.3, -0.25) is 0 Å². The van der Waals surface area contributed by atoms with Gasteiger partial charge in [0, 0.05) is 6.20 Å². The number of hydrogen-bond acceptors (Lipinski definition) is 6. The molecule has 0 unspecified atom stereocenters. The second kappa shape index (κ2) is 6.76. The highest BCUT2D eigenvalue weighted by Crippen LogP contribution is 2.34. The van der Waals surface area contributed by atoms with Crippen LogP contribution >= 0.6 is 0 Å². The molecule has 0 aliphatic rings. The van der Waals surface area contributed by atoms with Crippen LogP contribution in [0.3, 0.4) is 0 Å². The fraction of sp³-hybridized carbons (Fsp3) is 0.211. The number of azo groups is 1. The summed E-state index contributed by atoms with van der Waals surface area (Å²) < 4.78 is 1.44. The third-order valence-corrected chi connectivity index (χ3v) is 3.82. The second-order valence-electron chi connectivity index (χ2n) is 6.75. The van der Waals surface area contributed by atoms with E-state index in [0.717, 1.165) is 5.56 Å². The molecular formula is C19H18N6O. The standard InChI is InChI=1S/C19H18N6O/c1-19(2,3)14-7-8-16(26)15(10-14)23-24-18-13(11-20)12-22-25(18)17-6-4-5-9-21-17/h4-10,12,26H,1-3H3. The van der Waals surface area contributed by atoms with Crippen molar-refractivity contribution in [1.29, 1.82) is 5.26 Å². The molecule has 26 heavy (non-hydrogen) atoms. The van der Waals surface area contributed by atoms with E-state index in [1.54, 1.807) is 30.5 Å². The lowest BCUT2D eigenvalue weighted by molar-refractivity contribution is 0.475. The number of pyridine rings is 1. The minimum atomic E-state index is -0.0918. The van der Waals surface area contributed by atoms with Crippen LogP contribution in [0.2, 0.25) is 0 Å². The van der Waals surface area contributed by atoms with Crippen molar-refractivity contribution in [3.05, 3.63) is 59.9 Å². The maximum Gasteiger partial charge on any atom is 0.197 e. The fourth-order valence-corrected chi connectivity index (χ4v) is 2.34. The van der Waals surface area contributed by atoms with Crippen LogP contribution in [0, 0.1) is 11.3 Å². The molecule has 0 bridgehead atoms. The molecule has 0 aliphatic heterocycles. The van der Waals surface area contributed by atoms with Gasteiger partial charge in [-0.2, -0.15) is 15.0 Å². The largest absolute Gasteiger partial charge is 0.506 e. The minimum absolute atomic E-state index is 0.0177. The minimum Gasteiger partial charge on any atom is -0.506 e. The second-order valence-corrected chi connectivity index (χ2v) is 6.75. The Morgan fingerprint density at radius 2 is 1.96 bits per heavy atom.